The molecule has 0 aliphatic heterocycles. The molecule has 0 bridgehead atoms. The predicted molar refractivity (Wildman–Crippen MR) is 65.2 cm³/mol. The molecule has 0 spiro atoms. The highest BCUT2D eigenvalue weighted by Crippen LogP contribution is 2.37. The van der Waals surface area contributed by atoms with Gasteiger partial charge in [-0.1, -0.05) is 13.3 Å². The minimum Gasteiger partial charge on any atom is -0.397 e. The largest absolute Gasteiger partial charge is 0.397 e. The topological polar surface area (TPSA) is 81.1 Å². The van der Waals surface area contributed by atoms with Crippen LogP contribution < -0.4 is 16.8 Å². The van der Waals surface area contributed by atoms with Crippen molar-refractivity contribution in [3.63, 3.8) is 0 Å². The van der Waals surface area contributed by atoms with E-state index in [1.807, 2.05) is 6.07 Å². The van der Waals surface area contributed by atoms with Gasteiger partial charge in [0.1, 0.15) is 0 Å². The van der Waals surface area contributed by atoms with E-state index in [0.29, 0.717) is 17.3 Å². The monoisotopic (exact) mass is 219 g/mol. The number of anilines is 2. The summed E-state index contributed by atoms with van der Waals surface area (Å²) in [6, 6.07) is 5.67. The van der Waals surface area contributed by atoms with E-state index in [1.54, 1.807) is 12.1 Å². The fourth-order valence-electron chi connectivity index (χ4n) is 1.92. The average molecular weight is 219 g/mol. The Kier molecular flexibility index (Phi) is 2.73. The van der Waals surface area contributed by atoms with Gasteiger partial charge in [-0.05, 0) is 30.5 Å². The first-order valence-corrected chi connectivity index (χ1v) is 5.57. The summed E-state index contributed by atoms with van der Waals surface area (Å²) < 4.78 is 0. The van der Waals surface area contributed by atoms with Crippen LogP contribution in [0.3, 0.4) is 0 Å². The molecule has 1 saturated carbocycles. The van der Waals surface area contributed by atoms with Gasteiger partial charge in [0.15, 0.2) is 0 Å². The van der Waals surface area contributed by atoms with Crippen LogP contribution >= 0.6 is 0 Å². The first kappa shape index (κ1) is 10.8. The summed E-state index contributed by atoms with van der Waals surface area (Å²) in [5.41, 5.74) is 13.0. The maximum Gasteiger partial charge on any atom is 0.248 e. The van der Waals surface area contributed by atoms with Crippen LogP contribution in [0.25, 0.3) is 0 Å². The standard InChI is InChI=1S/C12H17N3O/c1-2-7-6-11(7)15-10-4-3-8(12(14)16)5-9(10)13/h3-5,7,11,15H,2,6,13H2,1H3,(H2,14,16). The van der Waals surface area contributed by atoms with Crippen LogP contribution in [0, 0.1) is 5.92 Å². The van der Waals surface area contributed by atoms with Gasteiger partial charge in [-0.15, -0.1) is 0 Å². The molecule has 0 saturated heterocycles. The van der Waals surface area contributed by atoms with E-state index in [2.05, 4.69) is 12.2 Å². The van der Waals surface area contributed by atoms with Crippen LogP contribution in [0.15, 0.2) is 18.2 Å². The number of hydrogen-bond donors (Lipinski definition) is 3. The Labute approximate surface area is 95.0 Å². The van der Waals surface area contributed by atoms with Crippen molar-refractivity contribution in [2.75, 3.05) is 11.1 Å². The van der Waals surface area contributed by atoms with E-state index >= 15 is 0 Å². The lowest BCUT2D eigenvalue weighted by atomic mass is 10.1. The molecule has 0 heterocycles. The number of benzene rings is 1. The predicted octanol–water partition coefficient (Wildman–Crippen LogP) is 1.58. The van der Waals surface area contributed by atoms with Crippen molar-refractivity contribution >= 4 is 17.3 Å². The Hall–Kier alpha value is -1.71. The molecule has 0 radical (unpaired) electrons. The third-order valence-corrected chi connectivity index (χ3v) is 3.12. The van der Waals surface area contributed by atoms with E-state index in [9.17, 15) is 4.79 Å². The van der Waals surface area contributed by atoms with Gasteiger partial charge in [0.2, 0.25) is 5.91 Å². The molecule has 1 fully saturated rings. The fraction of sp³-hybridized carbons (Fsp3) is 0.417. The number of primary amides is 1. The number of rotatable bonds is 4. The number of nitrogens with two attached hydrogens (primary N) is 2. The zero-order chi connectivity index (χ0) is 11.7. The molecule has 16 heavy (non-hydrogen) atoms. The Morgan fingerprint density at radius 3 is 2.81 bits per heavy atom. The summed E-state index contributed by atoms with van der Waals surface area (Å²) in [4.78, 5) is 10.9. The van der Waals surface area contributed by atoms with Gasteiger partial charge in [0, 0.05) is 11.6 Å². The second-order valence-electron chi connectivity index (χ2n) is 4.32. The van der Waals surface area contributed by atoms with Crippen molar-refractivity contribution in [2.45, 2.75) is 25.8 Å². The molecule has 5 N–H and O–H groups in total. The van der Waals surface area contributed by atoms with Gasteiger partial charge in [-0.2, -0.15) is 0 Å². The smallest absolute Gasteiger partial charge is 0.248 e. The third kappa shape index (κ3) is 2.10. The lowest BCUT2D eigenvalue weighted by Gasteiger charge is -2.09. The molecule has 2 unspecified atom stereocenters. The molecule has 4 nitrogen and oxygen atoms in total. The molecule has 1 amide bonds. The Morgan fingerprint density at radius 2 is 2.31 bits per heavy atom. The molecular formula is C12H17N3O. The van der Waals surface area contributed by atoms with E-state index in [1.165, 1.54) is 12.8 Å². The summed E-state index contributed by atoms with van der Waals surface area (Å²) in [6.45, 7) is 2.19. The summed E-state index contributed by atoms with van der Waals surface area (Å²) in [5.74, 6) is 0.311. The minimum atomic E-state index is -0.448. The van der Waals surface area contributed by atoms with Gasteiger partial charge in [0.25, 0.3) is 0 Å². The lowest BCUT2D eigenvalue weighted by molar-refractivity contribution is 0.100. The molecule has 1 aromatic carbocycles. The number of carbonyl (C=O) groups is 1. The summed E-state index contributed by atoms with van der Waals surface area (Å²) >= 11 is 0. The summed E-state index contributed by atoms with van der Waals surface area (Å²) in [6.07, 6.45) is 2.39. The first-order chi connectivity index (χ1) is 7.61. The summed E-state index contributed by atoms with van der Waals surface area (Å²) in [5, 5.41) is 3.37. The highest BCUT2D eigenvalue weighted by atomic mass is 16.1. The summed E-state index contributed by atoms with van der Waals surface area (Å²) in [7, 11) is 0. The first-order valence-electron chi connectivity index (χ1n) is 5.57. The highest BCUT2D eigenvalue weighted by Gasteiger charge is 2.35. The zero-order valence-corrected chi connectivity index (χ0v) is 9.36. The van der Waals surface area contributed by atoms with E-state index in [4.69, 9.17) is 11.5 Å². The molecule has 1 aromatic rings. The number of carbonyl (C=O) groups excluding carboxylic acids is 1. The molecule has 4 heteroatoms. The average Bonchev–Trinajstić information content (AvgIpc) is 2.99. The normalized spacial score (nSPS) is 22.8. The second kappa shape index (κ2) is 4.04. The van der Waals surface area contributed by atoms with Crippen LogP contribution in [0.1, 0.15) is 30.1 Å². The minimum absolute atomic E-state index is 0.448. The Balaban J connectivity index is 2.08. The second-order valence-corrected chi connectivity index (χ2v) is 4.32. The number of amides is 1. The number of hydrogen-bond acceptors (Lipinski definition) is 3. The van der Waals surface area contributed by atoms with Crippen LogP contribution in [-0.2, 0) is 0 Å². The molecule has 1 aliphatic carbocycles. The Morgan fingerprint density at radius 1 is 1.56 bits per heavy atom. The third-order valence-electron chi connectivity index (χ3n) is 3.12. The highest BCUT2D eigenvalue weighted by molar-refractivity contribution is 5.94. The maximum absolute atomic E-state index is 10.9. The van der Waals surface area contributed by atoms with Crippen molar-refractivity contribution in [1.82, 2.24) is 0 Å². The molecule has 0 aromatic heterocycles. The van der Waals surface area contributed by atoms with Crippen LogP contribution in [-0.4, -0.2) is 11.9 Å². The van der Waals surface area contributed by atoms with Crippen molar-refractivity contribution < 1.29 is 4.79 Å². The van der Waals surface area contributed by atoms with Gasteiger partial charge in [-0.3, -0.25) is 4.79 Å². The fourth-order valence-corrected chi connectivity index (χ4v) is 1.92. The number of nitrogen functional groups attached to an aromatic ring is 1. The van der Waals surface area contributed by atoms with Gasteiger partial charge in [0.05, 0.1) is 11.4 Å². The molecular weight excluding hydrogens is 202 g/mol. The van der Waals surface area contributed by atoms with Gasteiger partial charge >= 0.3 is 0 Å². The quantitative estimate of drug-likeness (QED) is 0.672. The van der Waals surface area contributed by atoms with Crippen molar-refractivity contribution in [1.29, 1.82) is 0 Å². The van der Waals surface area contributed by atoms with Crippen molar-refractivity contribution in [3.8, 4) is 0 Å². The van der Waals surface area contributed by atoms with Gasteiger partial charge in [-0.25, -0.2) is 0 Å². The van der Waals surface area contributed by atoms with E-state index < -0.39 is 5.91 Å². The van der Waals surface area contributed by atoms with E-state index in [0.717, 1.165) is 11.6 Å². The molecule has 2 rings (SSSR count). The SMILES string of the molecule is CCC1CC1Nc1ccc(C(N)=O)cc1N. The molecule has 2 atom stereocenters. The maximum atomic E-state index is 10.9. The van der Waals surface area contributed by atoms with Crippen molar-refractivity contribution in [2.24, 2.45) is 11.7 Å². The molecule has 86 valence electrons. The van der Waals surface area contributed by atoms with Crippen LogP contribution in [0.4, 0.5) is 11.4 Å². The van der Waals surface area contributed by atoms with Crippen LogP contribution in [0.5, 0.6) is 0 Å². The van der Waals surface area contributed by atoms with Crippen LogP contribution in [0.2, 0.25) is 0 Å². The van der Waals surface area contributed by atoms with E-state index in [-0.39, 0.29) is 0 Å². The lowest BCUT2D eigenvalue weighted by Crippen LogP contribution is -2.12. The van der Waals surface area contributed by atoms with Gasteiger partial charge < -0.3 is 16.8 Å². The molecule has 1 aliphatic rings. The zero-order valence-electron chi connectivity index (χ0n) is 9.36. The Bertz CT molecular complexity index is 417. The van der Waals surface area contributed by atoms with Crippen molar-refractivity contribution in [3.05, 3.63) is 23.8 Å². The number of nitrogens with one attached hydrogen (secondary N) is 1.